The van der Waals surface area contributed by atoms with Crippen LogP contribution < -0.4 is 5.32 Å². The maximum atomic E-state index is 12.5. The van der Waals surface area contributed by atoms with Crippen LogP contribution >= 0.6 is 23.1 Å². The summed E-state index contributed by atoms with van der Waals surface area (Å²) in [6.07, 6.45) is 5.71. The SMILES string of the molecule is CCOC(=O)c1c(C2CC2)csc1NC(=O)COC(=O)c1nc(SC)n2ccccc12. The van der Waals surface area contributed by atoms with Crippen LogP contribution in [0.3, 0.4) is 0 Å². The van der Waals surface area contributed by atoms with Crippen molar-refractivity contribution < 1.29 is 23.9 Å². The molecule has 1 N–H and O–H groups in total. The van der Waals surface area contributed by atoms with Crippen LogP contribution in [-0.4, -0.2) is 46.7 Å². The summed E-state index contributed by atoms with van der Waals surface area (Å²) >= 11 is 2.68. The Kier molecular flexibility index (Phi) is 6.28. The highest BCUT2D eigenvalue weighted by Gasteiger charge is 2.32. The van der Waals surface area contributed by atoms with Crippen LogP contribution in [0.1, 0.15) is 52.1 Å². The van der Waals surface area contributed by atoms with Crippen LogP contribution in [0.15, 0.2) is 34.9 Å². The molecule has 3 aromatic rings. The average Bonchev–Trinajstić information content (AvgIpc) is 3.42. The second kappa shape index (κ2) is 9.11. The van der Waals surface area contributed by atoms with E-state index in [1.165, 1.54) is 23.1 Å². The molecule has 162 valence electrons. The molecule has 0 aromatic carbocycles. The molecule has 1 aliphatic rings. The van der Waals surface area contributed by atoms with Crippen molar-refractivity contribution in [1.29, 1.82) is 0 Å². The van der Waals surface area contributed by atoms with E-state index in [1.807, 2.05) is 23.9 Å². The Labute approximate surface area is 186 Å². The van der Waals surface area contributed by atoms with Crippen LogP contribution in [0.5, 0.6) is 0 Å². The Morgan fingerprint density at radius 3 is 2.77 bits per heavy atom. The number of esters is 2. The van der Waals surface area contributed by atoms with Gasteiger partial charge in [0, 0.05) is 6.20 Å². The summed E-state index contributed by atoms with van der Waals surface area (Å²) in [5.41, 5.74) is 2.06. The first kappa shape index (κ1) is 21.4. The van der Waals surface area contributed by atoms with Crippen molar-refractivity contribution in [1.82, 2.24) is 9.38 Å². The quantitative estimate of drug-likeness (QED) is 0.402. The molecule has 0 bridgehead atoms. The number of carbonyl (C=O) groups excluding carboxylic acids is 3. The molecular weight excluding hydrogens is 438 g/mol. The predicted molar refractivity (Wildman–Crippen MR) is 118 cm³/mol. The molecule has 1 fully saturated rings. The Morgan fingerprint density at radius 1 is 1.26 bits per heavy atom. The van der Waals surface area contributed by atoms with E-state index in [2.05, 4.69) is 10.3 Å². The monoisotopic (exact) mass is 459 g/mol. The third-order valence-corrected chi connectivity index (χ3v) is 6.36. The molecule has 1 aliphatic carbocycles. The minimum atomic E-state index is -0.686. The van der Waals surface area contributed by atoms with E-state index in [0.717, 1.165) is 18.4 Å². The number of carbonyl (C=O) groups is 3. The maximum Gasteiger partial charge on any atom is 0.359 e. The molecule has 0 unspecified atom stereocenters. The number of amides is 1. The van der Waals surface area contributed by atoms with Crippen molar-refractivity contribution in [3.63, 3.8) is 0 Å². The fourth-order valence-electron chi connectivity index (χ4n) is 3.24. The van der Waals surface area contributed by atoms with E-state index in [1.54, 1.807) is 23.5 Å². The van der Waals surface area contributed by atoms with Gasteiger partial charge in [0.05, 0.1) is 17.7 Å². The van der Waals surface area contributed by atoms with Gasteiger partial charge in [0.15, 0.2) is 17.5 Å². The molecule has 10 heteroatoms. The lowest BCUT2D eigenvalue weighted by Gasteiger charge is -2.08. The second-order valence-electron chi connectivity index (χ2n) is 6.92. The second-order valence-corrected chi connectivity index (χ2v) is 8.57. The lowest BCUT2D eigenvalue weighted by atomic mass is 10.1. The molecule has 8 nitrogen and oxygen atoms in total. The van der Waals surface area contributed by atoms with Gasteiger partial charge in [-0.15, -0.1) is 11.3 Å². The Bertz CT molecular complexity index is 1150. The van der Waals surface area contributed by atoms with E-state index in [0.29, 0.717) is 27.2 Å². The first-order chi connectivity index (χ1) is 15.0. The van der Waals surface area contributed by atoms with Gasteiger partial charge in [-0.25, -0.2) is 14.6 Å². The third-order valence-electron chi connectivity index (χ3n) is 4.80. The number of ether oxygens (including phenoxy) is 2. The number of pyridine rings is 1. The molecule has 31 heavy (non-hydrogen) atoms. The number of anilines is 1. The standard InChI is InChI=1S/C21H21N3O5S2/c1-3-28-19(26)16-13(12-7-8-12)11-31-18(16)22-15(25)10-29-20(27)17-14-6-4-5-9-24(14)21(23-17)30-2/h4-6,9,11-12H,3,7-8,10H2,1-2H3,(H,22,25). The Hall–Kier alpha value is -2.85. The van der Waals surface area contributed by atoms with Gasteiger partial charge in [-0.05, 0) is 55.0 Å². The van der Waals surface area contributed by atoms with Crippen molar-refractivity contribution in [2.45, 2.75) is 30.8 Å². The topological polar surface area (TPSA) is 99.0 Å². The molecule has 0 atom stereocenters. The van der Waals surface area contributed by atoms with E-state index >= 15 is 0 Å². The first-order valence-corrected chi connectivity index (χ1v) is 11.9. The third kappa shape index (κ3) is 4.45. The van der Waals surface area contributed by atoms with Crippen molar-refractivity contribution >= 4 is 51.5 Å². The molecule has 3 heterocycles. The van der Waals surface area contributed by atoms with Gasteiger partial charge < -0.3 is 14.8 Å². The summed E-state index contributed by atoms with van der Waals surface area (Å²) < 4.78 is 12.1. The van der Waals surface area contributed by atoms with Crippen molar-refractivity contribution in [2.75, 3.05) is 24.8 Å². The molecule has 0 spiro atoms. The summed E-state index contributed by atoms with van der Waals surface area (Å²) in [5.74, 6) is -1.34. The summed E-state index contributed by atoms with van der Waals surface area (Å²) in [4.78, 5) is 41.7. The zero-order chi connectivity index (χ0) is 22.0. The molecule has 0 radical (unpaired) electrons. The number of aromatic nitrogens is 2. The van der Waals surface area contributed by atoms with Crippen LogP contribution in [0.25, 0.3) is 5.52 Å². The van der Waals surface area contributed by atoms with E-state index in [4.69, 9.17) is 9.47 Å². The van der Waals surface area contributed by atoms with Gasteiger partial charge in [-0.3, -0.25) is 9.20 Å². The predicted octanol–water partition coefficient (Wildman–Crippen LogP) is 3.97. The number of thioether (sulfide) groups is 1. The smallest absolute Gasteiger partial charge is 0.359 e. The number of rotatable bonds is 8. The number of hydrogen-bond acceptors (Lipinski definition) is 8. The fourth-order valence-corrected chi connectivity index (χ4v) is 4.82. The van der Waals surface area contributed by atoms with Gasteiger partial charge in [-0.2, -0.15) is 0 Å². The highest BCUT2D eigenvalue weighted by molar-refractivity contribution is 7.98. The van der Waals surface area contributed by atoms with Gasteiger partial charge in [-0.1, -0.05) is 17.8 Å². The van der Waals surface area contributed by atoms with Crippen LogP contribution in [0.2, 0.25) is 0 Å². The fraction of sp³-hybridized carbons (Fsp3) is 0.333. The van der Waals surface area contributed by atoms with Gasteiger partial charge in [0.1, 0.15) is 5.00 Å². The molecule has 0 aliphatic heterocycles. The molecular formula is C21H21N3O5S2. The van der Waals surface area contributed by atoms with Gasteiger partial charge in [0.2, 0.25) is 0 Å². The average molecular weight is 460 g/mol. The molecule has 0 saturated heterocycles. The van der Waals surface area contributed by atoms with Crippen LogP contribution in [0.4, 0.5) is 5.00 Å². The number of nitrogens with zero attached hydrogens (tertiary/aromatic N) is 2. The van der Waals surface area contributed by atoms with Crippen molar-refractivity contribution in [3.8, 4) is 0 Å². The van der Waals surface area contributed by atoms with E-state index < -0.39 is 24.5 Å². The highest BCUT2D eigenvalue weighted by atomic mass is 32.2. The molecule has 1 amide bonds. The number of thiophene rings is 1. The van der Waals surface area contributed by atoms with Gasteiger partial charge >= 0.3 is 11.9 Å². The molecule has 4 rings (SSSR count). The maximum absolute atomic E-state index is 12.5. The minimum absolute atomic E-state index is 0.150. The molecule has 1 saturated carbocycles. The van der Waals surface area contributed by atoms with Gasteiger partial charge in [0.25, 0.3) is 5.91 Å². The summed E-state index contributed by atoms with van der Waals surface area (Å²) in [6.45, 7) is 1.50. The minimum Gasteiger partial charge on any atom is -0.462 e. The Morgan fingerprint density at radius 2 is 2.06 bits per heavy atom. The van der Waals surface area contributed by atoms with Crippen LogP contribution in [-0.2, 0) is 14.3 Å². The van der Waals surface area contributed by atoms with E-state index in [-0.39, 0.29) is 12.3 Å². The summed E-state index contributed by atoms with van der Waals surface area (Å²) in [5, 5.41) is 5.63. The highest BCUT2D eigenvalue weighted by Crippen LogP contribution is 2.46. The molecule has 3 aromatic heterocycles. The lowest BCUT2D eigenvalue weighted by molar-refractivity contribution is -0.119. The zero-order valence-electron chi connectivity index (χ0n) is 17.0. The van der Waals surface area contributed by atoms with Crippen molar-refractivity contribution in [3.05, 3.63) is 46.6 Å². The van der Waals surface area contributed by atoms with E-state index in [9.17, 15) is 14.4 Å². The van der Waals surface area contributed by atoms with Crippen LogP contribution in [0, 0.1) is 0 Å². The first-order valence-electron chi connectivity index (χ1n) is 9.80. The summed E-state index contributed by atoms with van der Waals surface area (Å²) in [7, 11) is 0. The zero-order valence-corrected chi connectivity index (χ0v) is 18.7. The normalized spacial score (nSPS) is 13.2. The Balaban J connectivity index is 1.45. The lowest BCUT2D eigenvalue weighted by Crippen LogP contribution is -2.22. The summed E-state index contributed by atoms with van der Waals surface area (Å²) in [6, 6.07) is 5.41. The number of nitrogens with one attached hydrogen (secondary N) is 1. The number of fused-ring (bicyclic) bond motifs is 1. The number of hydrogen-bond donors (Lipinski definition) is 1. The largest absolute Gasteiger partial charge is 0.462 e. The van der Waals surface area contributed by atoms with Crippen molar-refractivity contribution in [2.24, 2.45) is 0 Å². The number of imidazole rings is 1.